The van der Waals surface area contributed by atoms with Crippen LogP contribution in [-0.2, 0) is 17.8 Å². The van der Waals surface area contributed by atoms with Crippen molar-refractivity contribution in [3.8, 4) is 0 Å². The number of carbonyl (C=O) groups excluding carboxylic acids is 2. The minimum absolute atomic E-state index is 0.00669. The molecule has 1 atom stereocenters. The summed E-state index contributed by atoms with van der Waals surface area (Å²) in [6.45, 7) is 3.11. The molecule has 1 unspecified atom stereocenters. The number of amides is 2. The number of fused-ring (bicyclic) bond motifs is 1. The number of aryl methyl sites for hydroxylation is 1. The van der Waals surface area contributed by atoms with Crippen LogP contribution in [0.1, 0.15) is 22.8 Å². The Kier molecular flexibility index (Phi) is 3.84. The third kappa shape index (κ3) is 2.70. The molecular formula is C17H20N4O3. The van der Waals surface area contributed by atoms with Gasteiger partial charge in [-0.1, -0.05) is 0 Å². The molecule has 0 saturated carbocycles. The molecule has 2 aromatic rings. The summed E-state index contributed by atoms with van der Waals surface area (Å²) in [6, 6.07) is 3.38. The van der Waals surface area contributed by atoms with Gasteiger partial charge in [0.05, 0.1) is 6.26 Å². The second-order valence-corrected chi connectivity index (χ2v) is 6.32. The highest BCUT2D eigenvalue weighted by Crippen LogP contribution is 2.22. The molecule has 0 bridgehead atoms. The van der Waals surface area contributed by atoms with Gasteiger partial charge in [0.15, 0.2) is 5.76 Å². The van der Waals surface area contributed by atoms with Crippen molar-refractivity contribution >= 4 is 11.8 Å². The van der Waals surface area contributed by atoms with E-state index in [-0.39, 0.29) is 17.7 Å². The Morgan fingerprint density at radius 3 is 2.67 bits per heavy atom. The number of carbonyl (C=O) groups is 2. The molecule has 0 spiro atoms. The van der Waals surface area contributed by atoms with Crippen molar-refractivity contribution in [3.05, 3.63) is 42.4 Å². The minimum Gasteiger partial charge on any atom is -0.459 e. The zero-order chi connectivity index (χ0) is 16.5. The van der Waals surface area contributed by atoms with Gasteiger partial charge in [-0.3, -0.25) is 9.59 Å². The van der Waals surface area contributed by atoms with Gasteiger partial charge in [0.25, 0.3) is 5.91 Å². The molecule has 0 radical (unpaired) electrons. The molecule has 0 aliphatic carbocycles. The first-order valence-electron chi connectivity index (χ1n) is 8.34. The highest BCUT2D eigenvalue weighted by atomic mass is 16.3. The van der Waals surface area contributed by atoms with E-state index in [4.69, 9.17) is 4.42 Å². The van der Waals surface area contributed by atoms with Crippen LogP contribution >= 0.6 is 0 Å². The highest BCUT2D eigenvalue weighted by Gasteiger charge is 2.32. The van der Waals surface area contributed by atoms with Crippen LogP contribution in [0.25, 0.3) is 0 Å². The minimum atomic E-state index is -0.105. The second-order valence-electron chi connectivity index (χ2n) is 6.32. The molecule has 0 N–H and O–H groups in total. The van der Waals surface area contributed by atoms with Gasteiger partial charge in [-0.25, -0.2) is 4.98 Å². The molecule has 2 aliphatic rings. The summed E-state index contributed by atoms with van der Waals surface area (Å²) in [5.74, 6) is 1.44. The molecule has 24 heavy (non-hydrogen) atoms. The van der Waals surface area contributed by atoms with E-state index in [1.54, 1.807) is 23.2 Å². The van der Waals surface area contributed by atoms with E-state index >= 15 is 0 Å². The first-order valence-corrected chi connectivity index (χ1v) is 8.34. The number of imidazole rings is 1. The lowest BCUT2D eigenvalue weighted by Gasteiger charge is -2.36. The number of rotatable bonds is 2. The Morgan fingerprint density at radius 1 is 1.12 bits per heavy atom. The molecule has 1 saturated heterocycles. The lowest BCUT2D eigenvalue weighted by Crippen LogP contribution is -2.52. The Hall–Kier alpha value is -2.57. The Balaban J connectivity index is 1.34. The van der Waals surface area contributed by atoms with Gasteiger partial charge in [-0.15, -0.1) is 0 Å². The number of nitrogens with zero attached hydrogens (tertiary/aromatic N) is 4. The third-order valence-corrected chi connectivity index (χ3v) is 4.91. The molecule has 7 heteroatoms. The maximum atomic E-state index is 12.8. The lowest BCUT2D eigenvalue weighted by molar-refractivity contribution is -0.137. The van der Waals surface area contributed by atoms with E-state index in [2.05, 4.69) is 9.55 Å². The fourth-order valence-corrected chi connectivity index (χ4v) is 3.51. The van der Waals surface area contributed by atoms with Crippen LogP contribution in [0.3, 0.4) is 0 Å². The van der Waals surface area contributed by atoms with Gasteiger partial charge in [-0.2, -0.15) is 0 Å². The smallest absolute Gasteiger partial charge is 0.289 e. The first kappa shape index (κ1) is 15.0. The molecule has 2 amide bonds. The topological polar surface area (TPSA) is 71.6 Å². The molecule has 126 valence electrons. The van der Waals surface area contributed by atoms with Gasteiger partial charge in [0.1, 0.15) is 5.82 Å². The quantitative estimate of drug-likeness (QED) is 0.825. The van der Waals surface area contributed by atoms with Crippen LogP contribution in [0.5, 0.6) is 0 Å². The Bertz CT molecular complexity index is 729. The van der Waals surface area contributed by atoms with Crippen molar-refractivity contribution < 1.29 is 14.0 Å². The number of hydrogen-bond acceptors (Lipinski definition) is 4. The predicted molar refractivity (Wildman–Crippen MR) is 85.2 cm³/mol. The van der Waals surface area contributed by atoms with Gasteiger partial charge < -0.3 is 18.8 Å². The molecule has 4 rings (SSSR count). The van der Waals surface area contributed by atoms with E-state index in [0.29, 0.717) is 38.4 Å². The normalized spacial score (nSPS) is 20.8. The summed E-state index contributed by atoms with van der Waals surface area (Å²) in [6.07, 6.45) is 6.82. The van der Waals surface area contributed by atoms with Gasteiger partial charge in [0, 0.05) is 57.5 Å². The van der Waals surface area contributed by atoms with Crippen LogP contribution < -0.4 is 0 Å². The van der Waals surface area contributed by atoms with Crippen molar-refractivity contribution in [1.29, 1.82) is 0 Å². The van der Waals surface area contributed by atoms with Crippen LogP contribution in [-0.4, -0.2) is 57.3 Å². The van der Waals surface area contributed by atoms with E-state index in [0.717, 1.165) is 18.8 Å². The summed E-state index contributed by atoms with van der Waals surface area (Å²) >= 11 is 0. The van der Waals surface area contributed by atoms with Crippen LogP contribution in [0, 0.1) is 5.92 Å². The third-order valence-electron chi connectivity index (χ3n) is 4.91. The van der Waals surface area contributed by atoms with E-state index in [9.17, 15) is 9.59 Å². The molecular weight excluding hydrogens is 308 g/mol. The monoisotopic (exact) mass is 328 g/mol. The number of piperazine rings is 1. The largest absolute Gasteiger partial charge is 0.459 e. The molecule has 2 aromatic heterocycles. The number of aromatic nitrogens is 2. The van der Waals surface area contributed by atoms with Crippen molar-refractivity contribution in [1.82, 2.24) is 19.4 Å². The maximum Gasteiger partial charge on any atom is 0.289 e. The zero-order valence-electron chi connectivity index (χ0n) is 13.4. The van der Waals surface area contributed by atoms with Crippen molar-refractivity contribution in [3.63, 3.8) is 0 Å². The Labute approximate surface area is 139 Å². The fourth-order valence-electron chi connectivity index (χ4n) is 3.51. The Morgan fingerprint density at radius 2 is 1.92 bits per heavy atom. The van der Waals surface area contributed by atoms with E-state index in [1.165, 1.54) is 6.26 Å². The molecule has 7 nitrogen and oxygen atoms in total. The van der Waals surface area contributed by atoms with Crippen molar-refractivity contribution in [2.45, 2.75) is 19.4 Å². The highest BCUT2D eigenvalue weighted by molar-refractivity contribution is 5.91. The van der Waals surface area contributed by atoms with Gasteiger partial charge >= 0.3 is 0 Å². The average Bonchev–Trinajstić information content (AvgIpc) is 3.31. The summed E-state index contributed by atoms with van der Waals surface area (Å²) in [7, 11) is 0. The first-order chi connectivity index (χ1) is 11.7. The van der Waals surface area contributed by atoms with Crippen molar-refractivity contribution in [2.24, 2.45) is 5.92 Å². The summed E-state index contributed by atoms with van der Waals surface area (Å²) in [4.78, 5) is 33.0. The fraction of sp³-hybridized carbons (Fsp3) is 0.471. The standard InChI is InChI=1S/C17H20N4O3/c22-16(13-3-5-19-6-4-18-15(19)12-13)20-7-9-21(10-8-20)17(23)14-2-1-11-24-14/h1-2,4,6,11,13H,3,5,7-10,12H2. The maximum absolute atomic E-state index is 12.8. The molecule has 0 aromatic carbocycles. The van der Waals surface area contributed by atoms with Crippen LogP contribution in [0.4, 0.5) is 0 Å². The average molecular weight is 328 g/mol. The van der Waals surface area contributed by atoms with E-state index < -0.39 is 0 Å². The second kappa shape index (κ2) is 6.14. The summed E-state index contributed by atoms with van der Waals surface area (Å²) < 4.78 is 7.28. The number of hydrogen-bond donors (Lipinski definition) is 0. The molecule has 2 aliphatic heterocycles. The van der Waals surface area contributed by atoms with Crippen LogP contribution in [0.2, 0.25) is 0 Å². The SMILES string of the molecule is O=C(c1ccco1)N1CCN(C(=O)C2CCn3ccnc3C2)CC1. The van der Waals surface area contributed by atoms with Crippen molar-refractivity contribution in [2.75, 3.05) is 26.2 Å². The lowest BCUT2D eigenvalue weighted by atomic mass is 9.96. The van der Waals surface area contributed by atoms with E-state index in [1.807, 2.05) is 11.1 Å². The summed E-state index contributed by atoms with van der Waals surface area (Å²) in [5.41, 5.74) is 0. The molecule has 4 heterocycles. The van der Waals surface area contributed by atoms with Crippen LogP contribution in [0.15, 0.2) is 35.2 Å². The summed E-state index contributed by atoms with van der Waals surface area (Å²) in [5, 5.41) is 0. The number of furan rings is 1. The van der Waals surface area contributed by atoms with Gasteiger partial charge in [0.2, 0.25) is 5.91 Å². The zero-order valence-corrected chi connectivity index (χ0v) is 13.4. The molecule has 1 fully saturated rings. The van der Waals surface area contributed by atoms with Gasteiger partial charge in [-0.05, 0) is 18.6 Å². The predicted octanol–water partition coefficient (Wildman–Crippen LogP) is 1.02.